The molecule has 0 aromatic carbocycles. The molecule has 73 heavy (non-hydrogen) atoms. The second kappa shape index (κ2) is 59.8. The Balaban J connectivity index is 4.51. The molecule has 0 saturated heterocycles. The van der Waals surface area contributed by atoms with Crippen molar-refractivity contribution in [2.75, 3.05) is 13.2 Å². The summed E-state index contributed by atoms with van der Waals surface area (Å²) in [5.41, 5.74) is 0. The first-order valence-electron chi connectivity index (χ1n) is 29.3. The Kier molecular flexibility index (Phi) is 56.0. The van der Waals surface area contributed by atoms with E-state index >= 15 is 0 Å². The average molecular weight is 1010 g/mol. The molecule has 1 atom stereocenters. The van der Waals surface area contributed by atoms with Crippen molar-refractivity contribution in [3.05, 3.63) is 146 Å². The summed E-state index contributed by atoms with van der Waals surface area (Å²) in [6.07, 6.45) is 85.6. The van der Waals surface area contributed by atoms with Gasteiger partial charge < -0.3 is 14.2 Å². The number of carbonyl (C=O) groups is 3. The minimum atomic E-state index is -0.824. The summed E-state index contributed by atoms with van der Waals surface area (Å²) < 4.78 is 16.8. The van der Waals surface area contributed by atoms with Gasteiger partial charge in [0.15, 0.2) is 6.10 Å². The standard InChI is InChI=1S/C67H106O6/c1-4-7-10-13-16-19-22-25-28-29-30-31-32-33-34-35-36-37-40-42-45-48-51-54-57-60-66(69)72-63-64(73-67(70)61-58-55-52-49-46-43-39-27-24-21-18-15-12-9-6-3)62-71-65(68)59-56-53-50-47-44-41-38-26-23-20-17-14-11-8-5-2/h7,9-10,12,16,18-19,21,25-28,30-31,33-34,36-39,42,45-46,49,64H,4-6,8,11,13-15,17,20,22-24,29,32,35,40-41,43-44,47-48,50-63H2,1-3H3/b10-7-,12-9-,19-16-,21-18-,28-25-,31-30-,34-33-,37-36-,38-26-,39-27-,45-42-,49-46-. The second-order valence-corrected chi connectivity index (χ2v) is 18.8. The molecule has 1 unspecified atom stereocenters. The molecule has 0 fully saturated rings. The van der Waals surface area contributed by atoms with Gasteiger partial charge in [-0.2, -0.15) is 0 Å². The smallest absolute Gasteiger partial charge is 0.306 e. The maximum Gasteiger partial charge on any atom is 0.306 e. The fraction of sp³-hybridized carbons (Fsp3) is 0.597. The number of hydrogen-bond donors (Lipinski definition) is 0. The van der Waals surface area contributed by atoms with Crippen molar-refractivity contribution < 1.29 is 28.6 Å². The van der Waals surface area contributed by atoms with Crippen LogP contribution in [-0.4, -0.2) is 37.2 Å². The summed E-state index contributed by atoms with van der Waals surface area (Å²) in [5.74, 6) is -1.01. The number of rotatable bonds is 51. The van der Waals surface area contributed by atoms with Crippen LogP contribution in [0, 0.1) is 0 Å². The third-order valence-corrected chi connectivity index (χ3v) is 11.8. The summed E-state index contributed by atoms with van der Waals surface area (Å²) in [6, 6.07) is 0. The highest BCUT2D eigenvalue weighted by Crippen LogP contribution is 2.13. The molecule has 0 aliphatic heterocycles. The molecule has 0 N–H and O–H groups in total. The topological polar surface area (TPSA) is 78.9 Å². The highest BCUT2D eigenvalue weighted by atomic mass is 16.6. The zero-order chi connectivity index (χ0) is 52.9. The Labute approximate surface area is 448 Å². The Morgan fingerprint density at radius 3 is 0.890 bits per heavy atom. The molecule has 0 saturated carbocycles. The van der Waals surface area contributed by atoms with Crippen LogP contribution in [0.4, 0.5) is 0 Å². The van der Waals surface area contributed by atoms with Gasteiger partial charge in [-0.3, -0.25) is 14.4 Å². The van der Waals surface area contributed by atoms with Gasteiger partial charge in [-0.1, -0.05) is 224 Å². The molecule has 0 radical (unpaired) electrons. The van der Waals surface area contributed by atoms with Crippen LogP contribution in [-0.2, 0) is 28.6 Å². The number of ether oxygens (including phenoxy) is 3. The Hall–Kier alpha value is -4.71. The van der Waals surface area contributed by atoms with E-state index < -0.39 is 6.10 Å². The molecule has 0 spiro atoms. The lowest BCUT2D eigenvalue weighted by atomic mass is 10.1. The quantitative estimate of drug-likeness (QED) is 0.0261. The third-order valence-electron chi connectivity index (χ3n) is 11.8. The van der Waals surface area contributed by atoms with Gasteiger partial charge >= 0.3 is 17.9 Å². The van der Waals surface area contributed by atoms with Crippen molar-refractivity contribution >= 4 is 17.9 Å². The van der Waals surface area contributed by atoms with Gasteiger partial charge in [0.2, 0.25) is 0 Å². The Morgan fingerprint density at radius 1 is 0.288 bits per heavy atom. The zero-order valence-corrected chi connectivity index (χ0v) is 46.8. The number of carbonyl (C=O) groups excluding carboxylic acids is 3. The highest BCUT2D eigenvalue weighted by Gasteiger charge is 2.19. The first kappa shape index (κ1) is 68.3. The number of unbranched alkanes of at least 4 members (excludes halogenated alkanes) is 16. The summed E-state index contributed by atoms with van der Waals surface area (Å²) in [6.45, 7) is 6.32. The summed E-state index contributed by atoms with van der Waals surface area (Å²) >= 11 is 0. The van der Waals surface area contributed by atoms with E-state index in [9.17, 15) is 14.4 Å². The minimum absolute atomic E-state index is 0.115. The van der Waals surface area contributed by atoms with Gasteiger partial charge in [0.25, 0.3) is 0 Å². The van der Waals surface area contributed by atoms with Gasteiger partial charge in [-0.05, 0) is 141 Å². The maximum atomic E-state index is 12.8. The minimum Gasteiger partial charge on any atom is -0.462 e. The van der Waals surface area contributed by atoms with Crippen LogP contribution in [0.1, 0.15) is 239 Å². The van der Waals surface area contributed by atoms with Gasteiger partial charge in [-0.15, -0.1) is 0 Å². The molecule has 0 amide bonds. The van der Waals surface area contributed by atoms with Crippen molar-refractivity contribution in [1.29, 1.82) is 0 Å². The molecule has 6 heteroatoms. The summed E-state index contributed by atoms with van der Waals surface area (Å²) in [7, 11) is 0. The van der Waals surface area contributed by atoms with Crippen LogP contribution >= 0.6 is 0 Å². The average Bonchev–Trinajstić information content (AvgIpc) is 3.39. The van der Waals surface area contributed by atoms with Crippen LogP contribution in [0.3, 0.4) is 0 Å². The third kappa shape index (κ3) is 58.1. The molecule has 0 aliphatic carbocycles. The second-order valence-electron chi connectivity index (χ2n) is 18.8. The predicted molar refractivity (Wildman–Crippen MR) is 315 cm³/mol. The highest BCUT2D eigenvalue weighted by molar-refractivity contribution is 5.71. The number of allylic oxidation sites excluding steroid dienone is 24. The zero-order valence-electron chi connectivity index (χ0n) is 46.8. The van der Waals surface area contributed by atoms with Crippen LogP contribution in [0.25, 0.3) is 0 Å². The van der Waals surface area contributed by atoms with Gasteiger partial charge in [-0.25, -0.2) is 0 Å². The normalized spacial score (nSPS) is 13.2. The van der Waals surface area contributed by atoms with Crippen molar-refractivity contribution in [2.24, 2.45) is 0 Å². The lowest BCUT2D eigenvalue weighted by Crippen LogP contribution is -2.30. The van der Waals surface area contributed by atoms with Crippen LogP contribution in [0.15, 0.2) is 146 Å². The maximum absolute atomic E-state index is 12.8. The lowest BCUT2D eigenvalue weighted by Gasteiger charge is -2.18. The Morgan fingerprint density at radius 2 is 0.534 bits per heavy atom. The summed E-state index contributed by atoms with van der Waals surface area (Å²) in [4.78, 5) is 38.2. The van der Waals surface area contributed by atoms with Crippen LogP contribution < -0.4 is 0 Å². The largest absolute Gasteiger partial charge is 0.462 e. The van der Waals surface area contributed by atoms with Crippen molar-refractivity contribution in [3.8, 4) is 0 Å². The summed E-state index contributed by atoms with van der Waals surface area (Å²) in [5, 5.41) is 0. The van der Waals surface area contributed by atoms with E-state index in [0.29, 0.717) is 19.3 Å². The van der Waals surface area contributed by atoms with E-state index in [4.69, 9.17) is 14.2 Å². The number of esters is 3. The van der Waals surface area contributed by atoms with Crippen LogP contribution in [0.2, 0.25) is 0 Å². The number of hydrogen-bond acceptors (Lipinski definition) is 6. The lowest BCUT2D eigenvalue weighted by molar-refractivity contribution is -0.167. The fourth-order valence-corrected chi connectivity index (χ4v) is 7.47. The predicted octanol–water partition coefficient (Wildman–Crippen LogP) is 20.0. The molecular weight excluding hydrogens is 901 g/mol. The van der Waals surface area contributed by atoms with Crippen molar-refractivity contribution in [3.63, 3.8) is 0 Å². The van der Waals surface area contributed by atoms with E-state index in [1.807, 2.05) is 0 Å². The van der Waals surface area contributed by atoms with Crippen molar-refractivity contribution in [1.82, 2.24) is 0 Å². The van der Waals surface area contributed by atoms with E-state index in [2.05, 4.69) is 167 Å². The SMILES string of the molecule is CC/C=C\C/C=C\C/C=C\C/C=C\C/C=C\C/C=C\C/C=C\CCCCCC(=O)OCC(COC(=O)CCCCCCC/C=C\CCCCCCCC)OC(=O)CCCC/C=C\C/C=C\C/C=C\C/C=C\CC. The first-order chi connectivity index (χ1) is 36.0. The van der Waals surface area contributed by atoms with Gasteiger partial charge in [0, 0.05) is 19.3 Å². The van der Waals surface area contributed by atoms with Gasteiger partial charge in [0.05, 0.1) is 0 Å². The van der Waals surface area contributed by atoms with Gasteiger partial charge in [0.1, 0.15) is 13.2 Å². The molecule has 0 bridgehead atoms. The van der Waals surface area contributed by atoms with E-state index in [1.54, 1.807) is 0 Å². The molecule has 0 aromatic heterocycles. The van der Waals surface area contributed by atoms with Crippen LogP contribution in [0.5, 0.6) is 0 Å². The first-order valence-corrected chi connectivity index (χ1v) is 29.3. The molecule has 6 nitrogen and oxygen atoms in total. The molecule has 0 rings (SSSR count). The van der Waals surface area contributed by atoms with E-state index in [1.165, 1.54) is 51.4 Å². The molecule has 0 aromatic rings. The monoisotopic (exact) mass is 1010 g/mol. The molecular formula is C67H106O6. The van der Waals surface area contributed by atoms with Crippen molar-refractivity contribution in [2.45, 2.75) is 245 Å². The molecule has 410 valence electrons. The van der Waals surface area contributed by atoms with E-state index in [0.717, 1.165) is 141 Å². The molecule has 0 heterocycles. The fourth-order valence-electron chi connectivity index (χ4n) is 7.47. The molecule has 0 aliphatic rings. The van der Waals surface area contributed by atoms with E-state index in [-0.39, 0.29) is 37.5 Å². The Bertz CT molecular complexity index is 1630.